The molecule has 170 valence electrons. The van der Waals surface area contributed by atoms with E-state index in [9.17, 15) is 0 Å². The van der Waals surface area contributed by atoms with Gasteiger partial charge >= 0.3 is 0 Å². The number of thioether (sulfide) groups is 6. The van der Waals surface area contributed by atoms with Crippen LogP contribution in [0.2, 0.25) is 0 Å². The van der Waals surface area contributed by atoms with Crippen LogP contribution in [0.25, 0.3) is 0 Å². The number of hydrogen-bond donors (Lipinski definition) is 9. The summed E-state index contributed by atoms with van der Waals surface area (Å²) in [7, 11) is 0. The third kappa shape index (κ3) is 12.8. The van der Waals surface area contributed by atoms with Crippen LogP contribution in [0.4, 0.5) is 0 Å². The molecule has 0 amide bonds. The first-order chi connectivity index (χ1) is 13.4. The minimum atomic E-state index is 0.0892. The highest BCUT2D eigenvalue weighted by Gasteiger charge is 2.42. The third-order valence-corrected chi connectivity index (χ3v) is 16.3. The maximum Gasteiger partial charge on any atom is 0.0638 e. The van der Waals surface area contributed by atoms with Gasteiger partial charge in [0, 0.05) is 46.3 Å². The molecule has 0 saturated carbocycles. The van der Waals surface area contributed by atoms with Gasteiger partial charge in [0.2, 0.25) is 0 Å². The molecule has 0 aliphatic rings. The van der Waals surface area contributed by atoms with Crippen LogP contribution in [0.15, 0.2) is 0 Å². The molecular weight excluding hydrogens is 637 g/mol. The molecule has 0 heterocycles. The highest BCUT2D eigenvalue weighted by Crippen LogP contribution is 2.47. The fraction of sp³-hybridized carbons (Fsp3) is 1.00. The zero-order valence-corrected chi connectivity index (χ0v) is 27.7. The van der Waals surface area contributed by atoms with Crippen molar-refractivity contribution in [1.29, 1.82) is 0 Å². The van der Waals surface area contributed by atoms with Crippen molar-refractivity contribution in [3.8, 4) is 0 Å². The second kappa shape index (κ2) is 21.5. The first-order valence-electron chi connectivity index (χ1n) is 7.82. The van der Waals surface area contributed by atoms with Gasteiger partial charge in [-0.2, -0.15) is 114 Å². The fourth-order valence-corrected chi connectivity index (χ4v) is 15.6. The molecule has 0 radical (unpaired) electrons. The molecule has 0 aliphatic carbocycles. The van der Waals surface area contributed by atoms with Crippen LogP contribution in [-0.4, -0.2) is 60.0 Å². The SMILES string of the molecule is SCSC(SCS)C(S)C(C(S)C(SCS)SCS)C(S)C(SCS)SCS. The molecular formula is C13H28S15. The number of hydrogen-bond acceptors (Lipinski definition) is 15. The van der Waals surface area contributed by atoms with Crippen molar-refractivity contribution in [2.75, 3.05) is 30.5 Å². The quantitative estimate of drug-likeness (QED) is 0.0558. The summed E-state index contributed by atoms with van der Waals surface area (Å²) in [6.45, 7) is 0. The van der Waals surface area contributed by atoms with Crippen LogP contribution in [0.1, 0.15) is 0 Å². The molecule has 28 heavy (non-hydrogen) atoms. The van der Waals surface area contributed by atoms with E-state index in [-0.39, 0.29) is 35.4 Å². The molecule has 0 bridgehead atoms. The lowest BCUT2D eigenvalue weighted by Gasteiger charge is -2.41. The maximum absolute atomic E-state index is 5.11. The molecule has 0 spiro atoms. The van der Waals surface area contributed by atoms with E-state index in [4.69, 9.17) is 37.9 Å². The zero-order chi connectivity index (χ0) is 21.5. The normalized spacial score (nSPS) is 16.7. The van der Waals surface area contributed by atoms with Crippen LogP contribution < -0.4 is 0 Å². The van der Waals surface area contributed by atoms with E-state index in [1.807, 2.05) is 0 Å². The van der Waals surface area contributed by atoms with Crippen LogP contribution in [0, 0.1) is 5.92 Å². The summed E-state index contributed by atoms with van der Waals surface area (Å²) in [5, 5.41) is 4.71. The van der Waals surface area contributed by atoms with E-state index in [1.54, 1.807) is 70.6 Å². The Labute approximate surface area is 246 Å². The largest absolute Gasteiger partial charge is 0.174 e. The summed E-state index contributed by atoms with van der Waals surface area (Å²) in [5.74, 6) is 0.161. The van der Waals surface area contributed by atoms with Gasteiger partial charge < -0.3 is 0 Å². The summed E-state index contributed by atoms with van der Waals surface area (Å²) in [6, 6.07) is 0. The lowest BCUT2D eigenvalue weighted by molar-refractivity contribution is 0.510. The molecule has 0 saturated heterocycles. The summed E-state index contributed by atoms with van der Waals surface area (Å²) < 4.78 is 0.786. The second-order valence-corrected chi connectivity index (χ2v) is 18.9. The Balaban J connectivity index is 5.81. The van der Waals surface area contributed by atoms with Gasteiger partial charge in [-0.1, -0.05) is 0 Å². The molecule has 3 unspecified atom stereocenters. The molecule has 0 nitrogen and oxygen atoms in total. The van der Waals surface area contributed by atoms with Crippen LogP contribution in [0.5, 0.6) is 0 Å². The Hall–Kier alpha value is 5.25. The summed E-state index contributed by atoms with van der Waals surface area (Å²) in [4.78, 5) is 0. The topological polar surface area (TPSA) is 0 Å². The molecule has 0 aromatic heterocycles. The summed E-state index contributed by atoms with van der Waals surface area (Å²) in [6.07, 6.45) is 0. The predicted octanol–water partition coefficient (Wildman–Crippen LogP) is 7.20. The van der Waals surface area contributed by atoms with Gasteiger partial charge in [-0.3, -0.25) is 0 Å². The minimum absolute atomic E-state index is 0.0892. The Kier molecular flexibility index (Phi) is 25.6. The second-order valence-electron chi connectivity index (χ2n) is 4.93. The van der Waals surface area contributed by atoms with E-state index in [0.717, 1.165) is 30.5 Å². The van der Waals surface area contributed by atoms with Gasteiger partial charge in [-0.25, -0.2) is 0 Å². The minimum Gasteiger partial charge on any atom is -0.174 e. The van der Waals surface area contributed by atoms with E-state index in [1.165, 1.54) is 0 Å². The van der Waals surface area contributed by atoms with Crippen molar-refractivity contribution in [1.82, 2.24) is 0 Å². The van der Waals surface area contributed by atoms with Crippen LogP contribution in [-0.2, 0) is 0 Å². The average Bonchev–Trinajstić information content (AvgIpc) is 2.67. The van der Waals surface area contributed by atoms with Crippen molar-refractivity contribution in [3.63, 3.8) is 0 Å². The van der Waals surface area contributed by atoms with Gasteiger partial charge in [-0.05, 0) is 5.92 Å². The highest BCUT2D eigenvalue weighted by molar-refractivity contribution is 8.25. The third-order valence-electron chi connectivity index (χ3n) is 3.45. The van der Waals surface area contributed by atoms with Gasteiger partial charge in [0.25, 0.3) is 0 Å². The van der Waals surface area contributed by atoms with Gasteiger partial charge in [0.1, 0.15) is 0 Å². The number of thiol groups is 9. The molecule has 15 heteroatoms. The molecule has 0 aromatic carbocycles. The molecule has 0 rings (SSSR count). The Morgan fingerprint density at radius 3 is 0.714 bits per heavy atom. The highest BCUT2D eigenvalue weighted by atomic mass is 32.2. The van der Waals surface area contributed by atoms with Crippen molar-refractivity contribution >= 4 is 184 Å². The first-order valence-corrected chi connectivity index (χ1v) is 19.5. The molecule has 0 aliphatic heterocycles. The van der Waals surface area contributed by atoms with Gasteiger partial charge in [0.05, 0.1) is 13.7 Å². The summed E-state index contributed by atoms with van der Waals surface area (Å²) in [5.41, 5.74) is 0. The average molecular weight is 665 g/mol. The van der Waals surface area contributed by atoms with Gasteiger partial charge in [0.15, 0.2) is 0 Å². The Morgan fingerprint density at radius 1 is 0.393 bits per heavy atom. The molecule has 0 fully saturated rings. The van der Waals surface area contributed by atoms with Gasteiger partial charge in [-0.15, -0.1) is 70.6 Å². The smallest absolute Gasteiger partial charge is 0.0638 e. The van der Waals surface area contributed by atoms with Crippen molar-refractivity contribution in [2.24, 2.45) is 5.92 Å². The lowest BCUT2D eigenvalue weighted by Crippen LogP contribution is -2.44. The van der Waals surface area contributed by atoms with E-state index in [2.05, 4.69) is 75.8 Å². The molecule has 0 N–H and O–H groups in total. The van der Waals surface area contributed by atoms with Crippen LogP contribution in [0.3, 0.4) is 0 Å². The zero-order valence-electron chi connectivity index (χ0n) is 14.8. The van der Waals surface area contributed by atoms with E-state index < -0.39 is 0 Å². The molecule has 3 atom stereocenters. The maximum atomic E-state index is 5.11. The summed E-state index contributed by atoms with van der Waals surface area (Å²) >= 11 is 52.7. The Morgan fingerprint density at radius 2 is 0.571 bits per heavy atom. The number of rotatable bonds is 18. The van der Waals surface area contributed by atoms with Crippen molar-refractivity contribution in [3.05, 3.63) is 0 Å². The monoisotopic (exact) mass is 664 g/mol. The fourth-order valence-electron chi connectivity index (χ4n) is 2.33. The van der Waals surface area contributed by atoms with E-state index >= 15 is 0 Å². The van der Waals surface area contributed by atoms with E-state index in [0.29, 0.717) is 0 Å². The Bertz CT molecular complexity index is 291. The standard InChI is InChI=1S/C13H28S15/c14-1-23-11(24-2-15)8(20)7(9(21)12(25-3-16)26-4-17)10(22)13(27-5-18)28-6-19/h7-22H,1-6H2. The first kappa shape index (κ1) is 33.2. The lowest BCUT2D eigenvalue weighted by atomic mass is 9.98. The van der Waals surface area contributed by atoms with Crippen LogP contribution >= 0.6 is 184 Å². The van der Waals surface area contributed by atoms with Crippen molar-refractivity contribution < 1.29 is 0 Å². The predicted molar refractivity (Wildman–Crippen MR) is 182 cm³/mol. The molecule has 0 aromatic rings. The van der Waals surface area contributed by atoms with Crippen molar-refractivity contribution in [2.45, 2.75) is 29.5 Å².